The molecule has 56 heavy (non-hydrogen) atoms. The van der Waals surface area contributed by atoms with Gasteiger partial charge in [-0.15, -0.1) is 0 Å². The van der Waals surface area contributed by atoms with E-state index in [4.69, 9.17) is 14.2 Å². The quantitative estimate of drug-likeness (QED) is 0.0201. The number of quaternary nitrogens is 1. The summed E-state index contributed by atoms with van der Waals surface area (Å²) in [5.41, 5.74) is 0. The lowest BCUT2D eigenvalue weighted by Crippen LogP contribution is -2.55. The highest BCUT2D eigenvalue weighted by Gasteiger charge is 2.25. The molecule has 0 N–H and O–H groups in total. The van der Waals surface area contributed by atoms with Gasteiger partial charge in [-0.25, -0.2) is 0 Å². The summed E-state index contributed by atoms with van der Waals surface area (Å²) in [7, 11) is 5.39. The molecule has 0 aliphatic rings. The van der Waals surface area contributed by atoms with Crippen LogP contribution in [0.5, 0.6) is 0 Å². The maximum atomic E-state index is 12.7. The molecule has 0 saturated carbocycles. The number of aliphatic carboxylic acids is 1. The van der Waals surface area contributed by atoms with Crippen molar-refractivity contribution in [1.82, 2.24) is 0 Å². The summed E-state index contributed by atoms with van der Waals surface area (Å²) < 4.78 is 17.1. The lowest BCUT2D eigenvalue weighted by atomic mass is 10.1. The minimum absolute atomic E-state index is 0.0275. The summed E-state index contributed by atoms with van der Waals surface area (Å²) in [4.78, 5) is 36.9. The van der Waals surface area contributed by atoms with E-state index in [1.165, 1.54) is 77.0 Å². The number of hydrogen-bond donors (Lipinski definition) is 0. The second-order valence-corrected chi connectivity index (χ2v) is 16.0. The Morgan fingerprint density at radius 1 is 0.554 bits per heavy atom. The summed E-state index contributed by atoms with van der Waals surface area (Å²) >= 11 is 0. The first-order chi connectivity index (χ1) is 27.1. The second kappa shape index (κ2) is 38.9. The van der Waals surface area contributed by atoms with Crippen LogP contribution >= 0.6 is 0 Å². The number of unbranched alkanes of at least 4 members (excludes halogenated alkanes) is 18. The molecule has 0 saturated heterocycles. The van der Waals surface area contributed by atoms with E-state index in [2.05, 4.69) is 44.2 Å². The molecule has 0 rings (SSSR count). The van der Waals surface area contributed by atoms with Crippen LogP contribution in [-0.2, 0) is 28.6 Å². The van der Waals surface area contributed by atoms with Crippen LogP contribution in [0, 0.1) is 0 Å². The fraction of sp³-hybridized carbons (Fsp3) is 0.729. The summed E-state index contributed by atoms with van der Waals surface area (Å²) in [5, 5.41) is 11.6. The molecule has 0 aliphatic heterocycles. The molecular formula is C48H83NO7. The summed E-state index contributed by atoms with van der Waals surface area (Å²) in [5.74, 6) is -1.78. The van der Waals surface area contributed by atoms with Gasteiger partial charge < -0.3 is 28.6 Å². The molecule has 0 aliphatic carbocycles. The molecule has 8 nitrogen and oxygen atoms in total. The molecule has 0 radical (unpaired) electrons. The molecule has 0 aromatic rings. The van der Waals surface area contributed by atoms with Gasteiger partial charge in [-0.1, -0.05) is 158 Å². The van der Waals surface area contributed by atoms with Crippen LogP contribution in [0.4, 0.5) is 0 Å². The standard InChI is InChI=1S/C48H83NO7/c1-6-8-10-12-14-16-18-20-22-23-25-26-28-30-32-34-36-38-46(50)55-43-44(42-54-41-40-45(48(52)53)49(3,4)5)56-47(51)39-37-35-33-31-29-27-24-21-19-17-15-13-11-9-7-2/h9,11,13,15,17,19-22,24,44-45H,6-8,10,12,14,16,18,23,25-43H2,1-5H3/b11-9+,15-13+,19-17+,22-20+,24-21+. The SMILES string of the molecule is CC/C=C/C=C/C=C/C=C/CCCCCCCC(=O)OC(COCCC(C(=O)[O-])[N+](C)(C)C)COC(=O)CCCCCCCCC/C=C/CCCCCCCC. The Morgan fingerprint density at radius 3 is 1.54 bits per heavy atom. The Kier molecular flexibility index (Phi) is 36.8. The van der Waals surface area contributed by atoms with Crippen LogP contribution in [0.3, 0.4) is 0 Å². The van der Waals surface area contributed by atoms with E-state index in [1.54, 1.807) is 21.1 Å². The zero-order valence-corrected chi connectivity index (χ0v) is 36.5. The molecule has 0 amide bonds. The molecule has 0 heterocycles. The average molecular weight is 786 g/mol. The van der Waals surface area contributed by atoms with E-state index in [-0.39, 0.29) is 42.7 Å². The van der Waals surface area contributed by atoms with Gasteiger partial charge in [-0.2, -0.15) is 0 Å². The van der Waals surface area contributed by atoms with Crippen LogP contribution in [0.25, 0.3) is 0 Å². The Hall–Kier alpha value is -2.97. The number of ether oxygens (including phenoxy) is 3. The van der Waals surface area contributed by atoms with Gasteiger partial charge in [0.2, 0.25) is 0 Å². The van der Waals surface area contributed by atoms with Crippen LogP contribution in [0.2, 0.25) is 0 Å². The fourth-order valence-corrected chi connectivity index (χ4v) is 6.25. The molecule has 322 valence electrons. The summed E-state index contributed by atoms with van der Waals surface area (Å²) in [6.45, 7) is 4.48. The number of nitrogens with zero attached hydrogens (tertiary/aromatic N) is 1. The van der Waals surface area contributed by atoms with Gasteiger partial charge in [0.1, 0.15) is 12.6 Å². The predicted molar refractivity (Wildman–Crippen MR) is 231 cm³/mol. The molecule has 0 aromatic heterocycles. The molecular weight excluding hydrogens is 703 g/mol. The molecule has 2 atom stereocenters. The first kappa shape index (κ1) is 53.0. The van der Waals surface area contributed by atoms with Gasteiger partial charge in [-0.05, 0) is 57.8 Å². The molecule has 0 aromatic carbocycles. The highest BCUT2D eigenvalue weighted by atomic mass is 16.6. The Labute approximate surface area is 343 Å². The van der Waals surface area contributed by atoms with Crippen molar-refractivity contribution in [3.8, 4) is 0 Å². The largest absolute Gasteiger partial charge is 0.544 e. The first-order valence-electron chi connectivity index (χ1n) is 22.4. The maximum Gasteiger partial charge on any atom is 0.306 e. The number of carbonyl (C=O) groups is 3. The highest BCUT2D eigenvalue weighted by molar-refractivity contribution is 5.70. The van der Waals surface area contributed by atoms with Gasteiger partial charge in [0.25, 0.3) is 0 Å². The van der Waals surface area contributed by atoms with Crippen molar-refractivity contribution in [3.63, 3.8) is 0 Å². The number of likely N-dealkylation sites (N-methyl/N-ethyl adjacent to an activating group) is 1. The van der Waals surface area contributed by atoms with Crippen molar-refractivity contribution in [3.05, 3.63) is 60.8 Å². The number of esters is 2. The van der Waals surface area contributed by atoms with Gasteiger partial charge in [0.15, 0.2) is 6.10 Å². The molecule has 0 spiro atoms. The lowest BCUT2D eigenvalue weighted by Gasteiger charge is -2.34. The lowest BCUT2D eigenvalue weighted by molar-refractivity contribution is -0.889. The number of carbonyl (C=O) groups excluding carboxylic acids is 3. The molecule has 0 bridgehead atoms. The maximum absolute atomic E-state index is 12.7. The van der Waals surface area contributed by atoms with Gasteiger partial charge >= 0.3 is 11.9 Å². The van der Waals surface area contributed by atoms with Crippen molar-refractivity contribution < 1.29 is 38.2 Å². The monoisotopic (exact) mass is 786 g/mol. The number of hydrogen-bond acceptors (Lipinski definition) is 7. The Bertz CT molecular complexity index is 1100. The Morgan fingerprint density at radius 2 is 1.02 bits per heavy atom. The van der Waals surface area contributed by atoms with Crippen molar-refractivity contribution in [1.29, 1.82) is 0 Å². The normalized spacial score (nSPS) is 13.5. The molecule has 0 fully saturated rings. The number of rotatable bonds is 39. The average Bonchev–Trinajstić information content (AvgIpc) is 3.15. The van der Waals surface area contributed by atoms with Gasteiger partial charge in [0.05, 0.1) is 40.3 Å². The number of carboxylic acid groups (broad SMARTS) is 1. The molecule has 8 heteroatoms. The second-order valence-electron chi connectivity index (χ2n) is 16.0. The van der Waals surface area contributed by atoms with Crippen molar-refractivity contribution >= 4 is 17.9 Å². The van der Waals surface area contributed by atoms with E-state index in [0.717, 1.165) is 64.2 Å². The molecule has 2 unspecified atom stereocenters. The van der Waals surface area contributed by atoms with Crippen LogP contribution in [0.15, 0.2) is 60.8 Å². The minimum Gasteiger partial charge on any atom is -0.544 e. The third-order valence-electron chi connectivity index (χ3n) is 9.73. The van der Waals surface area contributed by atoms with Crippen LogP contribution < -0.4 is 5.11 Å². The Balaban J connectivity index is 4.38. The fourth-order valence-electron chi connectivity index (χ4n) is 6.25. The predicted octanol–water partition coefficient (Wildman–Crippen LogP) is 10.9. The zero-order valence-electron chi connectivity index (χ0n) is 36.5. The van der Waals surface area contributed by atoms with Gasteiger partial charge in [-0.3, -0.25) is 9.59 Å². The van der Waals surface area contributed by atoms with Gasteiger partial charge in [0, 0.05) is 19.3 Å². The van der Waals surface area contributed by atoms with E-state index < -0.39 is 18.1 Å². The summed E-state index contributed by atoms with van der Waals surface area (Å²) in [6.07, 6.45) is 46.7. The highest BCUT2D eigenvalue weighted by Crippen LogP contribution is 2.14. The van der Waals surface area contributed by atoms with E-state index in [9.17, 15) is 19.5 Å². The van der Waals surface area contributed by atoms with Crippen LogP contribution in [0.1, 0.15) is 174 Å². The number of carboxylic acids is 1. The van der Waals surface area contributed by atoms with E-state index >= 15 is 0 Å². The van der Waals surface area contributed by atoms with Crippen molar-refractivity contribution in [2.45, 2.75) is 187 Å². The third-order valence-corrected chi connectivity index (χ3v) is 9.73. The first-order valence-corrected chi connectivity index (χ1v) is 22.4. The minimum atomic E-state index is -1.13. The zero-order chi connectivity index (χ0) is 41.4. The number of allylic oxidation sites excluding steroid dienone is 10. The van der Waals surface area contributed by atoms with Crippen molar-refractivity contribution in [2.75, 3.05) is 41.0 Å². The smallest absolute Gasteiger partial charge is 0.306 e. The topological polar surface area (TPSA) is 102 Å². The van der Waals surface area contributed by atoms with Crippen LogP contribution in [-0.4, -0.2) is 75.5 Å². The van der Waals surface area contributed by atoms with E-state index in [0.29, 0.717) is 12.8 Å². The van der Waals surface area contributed by atoms with Crippen molar-refractivity contribution in [2.24, 2.45) is 0 Å². The third kappa shape index (κ3) is 36.7. The van der Waals surface area contributed by atoms with E-state index in [1.807, 2.05) is 30.4 Å². The summed E-state index contributed by atoms with van der Waals surface area (Å²) in [6, 6.07) is -0.733.